The van der Waals surface area contributed by atoms with Crippen LogP contribution in [-0.4, -0.2) is 39.8 Å². The zero-order valence-electron chi connectivity index (χ0n) is 22.8. The highest BCUT2D eigenvalue weighted by molar-refractivity contribution is 5.94. The monoisotopic (exact) mass is 517 g/mol. The SMILES string of the molecule is CC[C@@H](C)C(=O)N[C@H]1Cc2ccc(O)cc2[C@H]2CC(C)(C)C(C(=O)N[C@@H]3CCCc4ccccc43)N2C1=O. The maximum Gasteiger partial charge on any atom is 0.246 e. The third-order valence-electron chi connectivity index (χ3n) is 8.85. The summed E-state index contributed by atoms with van der Waals surface area (Å²) in [5.41, 5.74) is 3.66. The van der Waals surface area contributed by atoms with Gasteiger partial charge in [0.2, 0.25) is 17.7 Å². The summed E-state index contributed by atoms with van der Waals surface area (Å²) in [6.07, 6.45) is 4.44. The molecule has 3 aliphatic rings. The van der Waals surface area contributed by atoms with Crippen LogP contribution in [0.25, 0.3) is 0 Å². The number of nitrogens with zero attached hydrogens (tertiary/aromatic N) is 1. The van der Waals surface area contributed by atoms with Gasteiger partial charge in [0.05, 0.1) is 12.1 Å². The molecule has 0 bridgehead atoms. The van der Waals surface area contributed by atoms with Crippen molar-refractivity contribution in [1.82, 2.24) is 15.5 Å². The number of benzene rings is 2. The van der Waals surface area contributed by atoms with Gasteiger partial charge >= 0.3 is 0 Å². The predicted molar refractivity (Wildman–Crippen MR) is 145 cm³/mol. The molecule has 0 aromatic heterocycles. The van der Waals surface area contributed by atoms with Gasteiger partial charge < -0.3 is 20.6 Å². The van der Waals surface area contributed by atoms with Gasteiger partial charge in [0.1, 0.15) is 17.8 Å². The maximum absolute atomic E-state index is 14.2. The van der Waals surface area contributed by atoms with Gasteiger partial charge in [-0.2, -0.15) is 0 Å². The molecule has 2 aromatic rings. The Morgan fingerprint density at radius 2 is 1.84 bits per heavy atom. The number of rotatable bonds is 5. The Morgan fingerprint density at radius 3 is 2.61 bits per heavy atom. The minimum atomic E-state index is -0.774. The van der Waals surface area contributed by atoms with Crippen molar-refractivity contribution in [3.05, 3.63) is 64.7 Å². The zero-order valence-corrected chi connectivity index (χ0v) is 22.8. The molecule has 0 radical (unpaired) electrons. The molecule has 2 aromatic carbocycles. The maximum atomic E-state index is 14.2. The standard InChI is InChI=1S/C31H39N3O4/c1-5-18(2)28(36)33-25-15-20-13-14-21(35)16-23(20)26-17-31(3,4)27(34(26)30(25)38)29(37)32-24-12-8-10-19-9-6-7-11-22(19)24/h6-7,9,11,13-14,16,18,24-27,35H,5,8,10,12,15,17H2,1-4H3,(H,32,37)(H,33,36)/t18-,24-,25+,26-,27?/m1/s1. The fourth-order valence-corrected chi connectivity index (χ4v) is 6.62. The molecule has 7 nitrogen and oxygen atoms in total. The van der Waals surface area contributed by atoms with Gasteiger partial charge in [0.25, 0.3) is 0 Å². The van der Waals surface area contributed by atoms with Crippen molar-refractivity contribution in [2.45, 2.75) is 90.4 Å². The highest BCUT2D eigenvalue weighted by atomic mass is 16.3. The molecular formula is C31H39N3O4. The lowest BCUT2D eigenvalue weighted by Gasteiger charge is -2.36. The number of carbonyl (C=O) groups is 3. The van der Waals surface area contributed by atoms with E-state index in [-0.39, 0.29) is 41.5 Å². The molecule has 2 aliphatic heterocycles. The van der Waals surface area contributed by atoms with E-state index >= 15 is 0 Å². The quantitative estimate of drug-likeness (QED) is 0.549. The van der Waals surface area contributed by atoms with E-state index in [0.717, 1.165) is 36.0 Å². The summed E-state index contributed by atoms with van der Waals surface area (Å²) in [4.78, 5) is 42.8. The summed E-state index contributed by atoms with van der Waals surface area (Å²) in [6.45, 7) is 7.86. The van der Waals surface area contributed by atoms with Crippen LogP contribution < -0.4 is 10.6 Å². The average molecular weight is 518 g/mol. The van der Waals surface area contributed by atoms with Crippen LogP contribution in [0.15, 0.2) is 42.5 Å². The van der Waals surface area contributed by atoms with Crippen LogP contribution in [0.5, 0.6) is 5.75 Å². The number of phenols is 1. The number of aryl methyl sites for hydroxylation is 1. The largest absolute Gasteiger partial charge is 0.508 e. The Balaban J connectivity index is 1.51. The Morgan fingerprint density at radius 1 is 1.08 bits per heavy atom. The molecule has 7 heteroatoms. The highest BCUT2D eigenvalue weighted by Crippen LogP contribution is 2.50. The van der Waals surface area contributed by atoms with Crippen molar-refractivity contribution in [3.8, 4) is 5.75 Å². The normalized spacial score (nSPS) is 26.4. The smallest absolute Gasteiger partial charge is 0.246 e. The molecule has 2 heterocycles. The van der Waals surface area contributed by atoms with E-state index in [4.69, 9.17) is 0 Å². The second kappa shape index (κ2) is 10.1. The minimum Gasteiger partial charge on any atom is -0.508 e. The molecule has 5 atom stereocenters. The van der Waals surface area contributed by atoms with E-state index < -0.39 is 17.5 Å². The number of amides is 3. The Hall–Kier alpha value is -3.35. The fraction of sp³-hybridized carbons (Fsp3) is 0.516. The second-order valence-electron chi connectivity index (χ2n) is 12.0. The number of nitrogens with one attached hydrogen (secondary N) is 2. The van der Waals surface area contributed by atoms with E-state index in [1.165, 1.54) is 5.56 Å². The number of hydrogen-bond acceptors (Lipinski definition) is 4. The molecule has 0 spiro atoms. The summed E-state index contributed by atoms with van der Waals surface area (Å²) in [5, 5.41) is 16.6. The fourth-order valence-electron chi connectivity index (χ4n) is 6.62. The molecule has 38 heavy (non-hydrogen) atoms. The van der Waals surface area contributed by atoms with Crippen LogP contribution in [0.4, 0.5) is 0 Å². The summed E-state index contributed by atoms with van der Waals surface area (Å²) >= 11 is 0. The van der Waals surface area contributed by atoms with Crippen LogP contribution >= 0.6 is 0 Å². The lowest BCUT2D eigenvalue weighted by atomic mass is 9.81. The average Bonchev–Trinajstić information content (AvgIpc) is 3.14. The second-order valence-corrected chi connectivity index (χ2v) is 12.0. The molecular weight excluding hydrogens is 478 g/mol. The topological polar surface area (TPSA) is 98.7 Å². The van der Waals surface area contributed by atoms with E-state index in [0.29, 0.717) is 19.3 Å². The minimum absolute atomic E-state index is 0.0957. The van der Waals surface area contributed by atoms with Crippen molar-refractivity contribution in [2.24, 2.45) is 11.3 Å². The van der Waals surface area contributed by atoms with Crippen molar-refractivity contribution >= 4 is 17.7 Å². The van der Waals surface area contributed by atoms with E-state index in [1.54, 1.807) is 17.0 Å². The molecule has 202 valence electrons. The van der Waals surface area contributed by atoms with Crippen LogP contribution in [0, 0.1) is 11.3 Å². The van der Waals surface area contributed by atoms with E-state index in [9.17, 15) is 19.5 Å². The number of carbonyl (C=O) groups excluding carboxylic acids is 3. The van der Waals surface area contributed by atoms with Gasteiger partial charge in [-0.25, -0.2) is 0 Å². The molecule has 5 rings (SSSR count). The molecule has 1 saturated heterocycles. The van der Waals surface area contributed by atoms with Gasteiger partial charge in [-0.1, -0.05) is 58.0 Å². The third-order valence-corrected chi connectivity index (χ3v) is 8.85. The van der Waals surface area contributed by atoms with E-state index in [2.05, 4.69) is 22.8 Å². The number of fused-ring (bicyclic) bond motifs is 4. The first-order valence-electron chi connectivity index (χ1n) is 13.9. The van der Waals surface area contributed by atoms with Gasteiger partial charge in [0, 0.05) is 12.3 Å². The first kappa shape index (κ1) is 26.3. The predicted octanol–water partition coefficient (Wildman–Crippen LogP) is 4.34. The molecule has 1 fully saturated rings. The van der Waals surface area contributed by atoms with Gasteiger partial charge in [-0.05, 0) is 71.9 Å². The number of aromatic hydroxyl groups is 1. The van der Waals surface area contributed by atoms with E-state index in [1.807, 2.05) is 45.9 Å². The molecule has 1 unspecified atom stereocenters. The van der Waals surface area contributed by atoms with Gasteiger partial charge in [-0.3, -0.25) is 14.4 Å². The molecule has 3 N–H and O–H groups in total. The van der Waals surface area contributed by atoms with Crippen LogP contribution in [0.3, 0.4) is 0 Å². The van der Waals surface area contributed by atoms with Gasteiger partial charge in [-0.15, -0.1) is 0 Å². The van der Waals surface area contributed by atoms with Crippen LogP contribution in [-0.2, 0) is 27.2 Å². The molecule has 1 aliphatic carbocycles. The summed E-state index contributed by atoms with van der Waals surface area (Å²) in [7, 11) is 0. The van der Waals surface area contributed by atoms with Crippen molar-refractivity contribution in [3.63, 3.8) is 0 Å². The third kappa shape index (κ3) is 4.67. The molecule has 0 saturated carbocycles. The first-order valence-corrected chi connectivity index (χ1v) is 13.9. The zero-order chi connectivity index (χ0) is 27.2. The number of phenolic OH excluding ortho intramolecular Hbond substituents is 1. The lowest BCUT2D eigenvalue weighted by Crippen LogP contribution is -2.57. The van der Waals surface area contributed by atoms with Crippen molar-refractivity contribution in [1.29, 1.82) is 0 Å². The summed E-state index contributed by atoms with van der Waals surface area (Å²) in [6, 6.07) is 11.5. The van der Waals surface area contributed by atoms with Crippen molar-refractivity contribution in [2.75, 3.05) is 0 Å². The van der Waals surface area contributed by atoms with Crippen LogP contribution in [0.2, 0.25) is 0 Å². The van der Waals surface area contributed by atoms with Crippen molar-refractivity contribution < 1.29 is 19.5 Å². The lowest BCUT2D eigenvalue weighted by molar-refractivity contribution is -0.145. The summed E-state index contributed by atoms with van der Waals surface area (Å²) in [5.74, 6) is -0.660. The highest BCUT2D eigenvalue weighted by Gasteiger charge is 2.55. The Bertz CT molecular complexity index is 1260. The first-order chi connectivity index (χ1) is 18.1. The van der Waals surface area contributed by atoms with Crippen LogP contribution in [0.1, 0.15) is 87.7 Å². The summed E-state index contributed by atoms with van der Waals surface area (Å²) < 4.78 is 0. The number of hydrogen-bond donors (Lipinski definition) is 3. The Kier molecular flexibility index (Phi) is 6.97. The Labute approximate surface area is 225 Å². The van der Waals surface area contributed by atoms with Gasteiger partial charge in [0.15, 0.2) is 0 Å². The molecule has 3 amide bonds.